The Morgan fingerprint density at radius 1 is 1.00 bits per heavy atom. The smallest absolute Gasteiger partial charge is 0.178 e. The van der Waals surface area contributed by atoms with Gasteiger partial charge in [0.2, 0.25) is 0 Å². The van der Waals surface area contributed by atoms with Crippen molar-refractivity contribution in [2.45, 2.75) is 6.54 Å². The van der Waals surface area contributed by atoms with Crippen LogP contribution in [0.1, 0.15) is 5.56 Å². The van der Waals surface area contributed by atoms with Crippen LogP contribution in [-0.2, 0) is 6.54 Å². The van der Waals surface area contributed by atoms with Gasteiger partial charge in [-0.15, -0.1) is 12.4 Å². The number of nitrogens with zero attached hydrogens (tertiary/aromatic N) is 3. The fraction of sp³-hybridized carbons (Fsp3) is 0.235. The van der Waals surface area contributed by atoms with Gasteiger partial charge in [0.15, 0.2) is 30.4 Å². The molecule has 8 heteroatoms. The van der Waals surface area contributed by atoms with Gasteiger partial charge in [-0.3, -0.25) is 0 Å². The van der Waals surface area contributed by atoms with Crippen molar-refractivity contribution in [1.82, 2.24) is 0 Å². The third-order valence-corrected chi connectivity index (χ3v) is 3.20. The van der Waals surface area contributed by atoms with Gasteiger partial charge in [-0.2, -0.15) is 10.2 Å². The number of hydrogen-bond donors (Lipinski definition) is 0. The van der Waals surface area contributed by atoms with Crippen molar-refractivity contribution in [2.75, 3.05) is 21.3 Å². The minimum absolute atomic E-state index is 0. The molecule has 1 aromatic carbocycles. The van der Waals surface area contributed by atoms with Crippen LogP contribution in [0, 0.1) is 0 Å². The highest BCUT2D eigenvalue weighted by molar-refractivity contribution is 5.86. The maximum atomic E-state index is 11.8. The zero-order chi connectivity index (χ0) is 17.4. The summed E-state index contributed by atoms with van der Waals surface area (Å²) in [4.78, 5) is 0. The van der Waals surface area contributed by atoms with Crippen molar-refractivity contribution in [1.29, 1.82) is 0 Å². The molecule has 2 aromatic rings. The van der Waals surface area contributed by atoms with E-state index in [1.165, 1.54) is 20.4 Å². The van der Waals surface area contributed by atoms with Crippen LogP contribution in [0.15, 0.2) is 52.9 Å². The summed E-state index contributed by atoms with van der Waals surface area (Å²) in [6.07, 6.45) is 5.01. The second-order valence-electron chi connectivity index (χ2n) is 4.74. The first kappa shape index (κ1) is 20.2. The Kier molecular flexibility index (Phi) is 8.22. The van der Waals surface area contributed by atoms with Gasteiger partial charge in [-0.1, -0.05) is 6.07 Å². The molecular weight excluding hydrogens is 346 g/mol. The van der Waals surface area contributed by atoms with Gasteiger partial charge < -0.3 is 19.3 Å². The predicted molar refractivity (Wildman–Crippen MR) is 95.0 cm³/mol. The number of halogens is 1. The van der Waals surface area contributed by atoms with E-state index < -0.39 is 0 Å². The number of methoxy groups -OCH3 is 3. The summed E-state index contributed by atoms with van der Waals surface area (Å²) in [5.41, 5.74) is 0.624. The van der Waals surface area contributed by atoms with Crippen molar-refractivity contribution in [3.63, 3.8) is 0 Å². The molecule has 7 nitrogen and oxygen atoms in total. The van der Waals surface area contributed by atoms with Crippen LogP contribution in [-0.4, -0.2) is 33.4 Å². The van der Waals surface area contributed by atoms with Gasteiger partial charge in [0.1, 0.15) is 5.75 Å². The summed E-state index contributed by atoms with van der Waals surface area (Å²) in [6.45, 7) is 0.126. The van der Waals surface area contributed by atoms with Gasteiger partial charge >= 0.3 is 0 Å². The minimum Gasteiger partial charge on any atom is -0.856 e. The topological polar surface area (TPSA) is 79.3 Å². The lowest BCUT2D eigenvalue weighted by Crippen LogP contribution is -2.41. The monoisotopic (exact) mass is 365 g/mol. The molecule has 0 aliphatic rings. The van der Waals surface area contributed by atoms with E-state index in [-0.39, 0.29) is 24.8 Å². The van der Waals surface area contributed by atoms with Gasteiger partial charge in [0.25, 0.3) is 0 Å². The van der Waals surface area contributed by atoms with E-state index in [1.54, 1.807) is 36.2 Å². The maximum Gasteiger partial charge on any atom is 0.178 e. The molecule has 134 valence electrons. The highest BCUT2D eigenvalue weighted by Gasteiger charge is 2.10. The van der Waals surface area contributed by atoms with Crippen molar-refractivity contribution in [2.24, 2.45) is 10.2 Å². The Labute approximate surface area is 152 Å². The first-order valence-corrected chi connectivity index (χ1v) is 7.19. The SMILES string of the molecule is COc1cc(OC)c(OC)cc1/C=N/N=C([O-])C[n+]1ccccc1.Cl. The predicted octanol–water partition coefficient (Wildman–Crippen LogP) is 1.21. The molecule has 0 aliphatic heterocycles. The van der Waals surface area contributed by atoms with E-state index in [2.05, 4.69) is 10.2 Å². The Morgan fingerprint density at radius 2 is 1.60 bits per heavy atom. The lowest BCUT2D eigenvalue weighted by molar-refractivity contribution is -0.687. The molecule has 0 aliphatic carbocycles. The van der Waals surface area contributed by atoms with E-state index >= 15 is 0 Å². The molecule has 0 atom stereocenters. The van der Waals surface area contributed by atoms with Crippen LogP contribution in [0.2, 0.25) is 0 Å². The van der Waals surface area contributed by atoms with E-state index in [9.17, 15) is 5.11 Å². The second kappa shape index (κ2) is 10.1. The highest BCUT2D eigenvalue weighted by Crippen LogP contribution is 2.33. The molecule has 0 fully saturated rings. The molecule has 2 rings (SSSR count). The molecule has 0 spiro atoms. The zero-order valence-corrected chi connectivity index (χ0v) is 15.0. The molecule has 0 bridgehead atoms. The van der Waals surface area contributed by atoms with E-state index in [0.717, 1.165) is 0 Å². The Hall–Kier alpha value is -2.80. The fourth-order valence-electron chi connectivity index (χ4n) is 2.04. The van der Waals surface area contributed by atoms with Crippen molar-refractivity contribution in [3.8, 4) is 17.2 Å². The molecule has 0 saturated heterocycles. The summed E-state index contributed by atoms with van der Waals surface area (Å²) < 4.78 is 17.5. The fourth-order valence-corrected chi connectivity index (χ4v) is 2.04. The average Bonchev–Trinajstić information content (AvgIpc) is 2.62. The summed E-state index contributed by atoms with van der Waals surface area (Å²) in [5.74, 6) is 1.25. The van der Waals surface area contributed by atoms with Crippen LogP contribution in [0.5, 0.6) is 17.2 Å². The Morgan fingerprint density at radius 3 is 2.20 bits per heavy atom. The lowest BCUT2D eigenvalue weighted by Gasteiger charge is -2.11. The van der Waals surface area contributed by atoms with E-state index in [1.807, 2.05) is 18.2 Å². The van der Waals surface area contributed by atoms with E-state index in [0.29, 0.717) is 22.8 Å². The van der Waals surface area contributed by atoms with Crippen LogP contribution in [0.4, 0.5) is 0 Å². The minimum atomic E-state index is -0.359. The Bertz CT molecular complexity index is 736. The molecule has 25 heavy (non-hydrogen) atoms. The lowest BCUT2D eigenvalue weighted by atomic mass is 10.2. The Balaban J connectivity index is 0.00000312. The normalized spacial score (nSPS) is 11.1. The quantitative estimate of drug-likeness (QED) is 0.320. The van der Waals surface area contributed by atoms with Crippen LogP contribution in [0.3, 0.4) is 0 Å². The standard InChI is InChI=1S/C17H19N3O4.ClH/c1-22-14-10-16(24-3)15(23-2)9-13(14)11-18-19-17(21)12-20-7-5-4-6-8-20;/h4-11H,12H2,1-3H3;1H/b18-11+;. The average molecular weight is 366 g/mol. The summed E-state index contributed by atoms with van der Waals surface area (Å²) in [6, 6.07) is 8.94. The second-order valence-corrected chi connectivity index (χ2v) is 4.74. The van der Waals surface area contributed by atoms with Gasteiger partial charge in [-0.05, 0) is 6.07 Å². The van der Waals surface area contributed by atoms with Crippen molar-refractivity contribution < 1.29 is 23.9 Å². The van der Waals surface area contributed by atoms with E-state index in [4.69, 9.17) is 14.2 Å². The summed E-state index contributed by atoms with van der Waals surface area (Å²) in [7, 11) is 4.61. The summed E-state index contributed by atoms with van der Waals surface area (Å²) in [5, 5.41) is 19.3. The van der Waals surface area contributed by atoms with Crippen LogP contribution in [0.25, 0.3) is 0 Å². The van der Waals surface area contributed by atoms with Crippen LogP contribution < -0.4 is 23.9 Å². The molecule has 0 N–H and O–H groups in total. The number of hydrogen-bond acceptors (Lipinski definition) is 6. The molecule has 0 unspecified atom stereocenters. The first-order valence-electron chi connectivity index (χ1n) is 7.19. The molecular formula is C17H20ClN3O4. The third kappa shape index (κ3) is 5.65. The van der Waals surface area contributed by atoms with Gasteiger partial charge in [0, 0.05) is 23.8 Å². The van der Waals surface area contributed by atoms with Gasteiger partial charge in [-0.25, -0.2) is 4.57 Å². The van der Waals surface area contributed by atoms with Gasteiger partial charge in [0.05, 0.1) is 33.4 Å². The number of benzene rings is 1. The highest BCUT2D eigenvalue weighted by atomic mass is 35.5. The molecule has 0 radical (unpaired) electrons. The van der Waals surface area contributed by atoms with Crippen molar-refractivity contribution in [3.05, 3.63) is 48.3 Å². The van der Waals surface area contributed by atoms with Crippen molar-refractivity contribution >= 4 is 24.5 Å². The molecule has 1 aromatic heterocycles. The molecule has 0 saturated carbocycles. The third-order valence-electron chi connectivity index (χ3n) is 3.20. The number of rotatable bonds is 7. The molecule has 0 amide bonds. The zero-order valence-electron chi connectivity index (χ0n) is 14.2. The number of ether oxygens (including phenoxy) is 3. The summed E-state index contributed by atoms with van der Waals surface area (Å²) >= 11 is 0. The molecule has 1 heterocycles. The van der Waals surface area contributed by atoms with Crippen LogP contribution >= 0.6 is 12.4 Å². The largest absolute Gasteiger partial charge is 0.856 e. The first-order chi connectivity index (χ1) is 11.7. The number of aromatic nitrogens is 1. The maximum absolute atomic E-state index is 11.8. The number of pyridine rings is 1.